The average molecular weight is 379 g/mol. The molecular weight excluding hydrogens is 358 g/mol. The Labute approximate surface area is 163 Å². The van der Waals surface area contributed by atoms with E-state index in [1.165, 1.54) is 11.8 Å². The van der Waals surface area contributed by atoms with E-state index < -0.39 is 4.75 Å². The number of thioether (sulfide) groups is 1. The fourth-order valence-corrected chi connectivity index (χ4v) is 3.33. The number of benzene rings is 2. The molecule has 0 saturated heterocycles. The van der Waals surface area contributed by atoms with Crippen LogP contribution in [0.5, 0.6) is 0 Å². The van der Waals surface area contributed by atoms with Crippen LogP contribution in [0.4, 0.5) is 0 Å². The van der Waals surface area contributed by atoms with Gasteiger partial charge in [-0.3, -0.25) is 4.79 Å². The zero-order valence-corrected chi connectivity index (χ0v) is 16.4. The number of carbonyl (C=O) groups excluding carboxylic acids is 1. The van der Waals surface area contributed by atoms with Crippen molar-refractivity contribution in [3.8, 4) is 22.5 Å². The van der Waals surface area contributed by atoms with Crippen molar-refractivity contribution in [3.05, 3.63) is 60.7 Å². The second-order valence-corrected chi connectivity index (χ2v) is 7.95. The van der Waals surface area contributed by atoms with Gasteiger partial charge >= 0.3 is 5.97 Å². The highest BCUT2D eigenvalue weighted by Crippen LogP contribution is 2.34. The van der Waals surface area contributed by atoms with Crippen molar-refractivity contribution in [2.75, 3.05) is 6.61 Å². The van der Waals surface area contributed by atoms with Gasteiger partial charge in [0.05, 0.1) is 6.61 Å². The first-order chi connectivity index (χ1) is 13.0. The van der Waals surface area contributed by atoms with Crippen molar-refractivity contribution >= 4 is 17.7 Å². The summed E-state index contributed by atoms with van der Waals surface area (Å²) in [5, 5.41) is 9.13. The number of hydrogen-bond donors (Lipinski definition) is 0. The molecule has 0 saturated carbocycles. The van der Waals surface area contributed by atoms with Crippen molar-refractivity contribution in [1.82, 2.24) is 15.2 Å². The van der Waals surface area contributed by atoms with Gasteiger partial charge in [-0.15, -0.1) is 10.2 Å². The standard InChI is InChI=1S/C21H21N3O2S/c1-4-26-19(25)21(2,3)27-20-22-17(15-11-7-5-8-12-15)18(23-24-20)16-13-9-6-10-14-16/h5-14H,4H2,1-3H3. The Bertz CT molecular complexity index is 915. The summed E-state index contributed by atoms with van der Waals surface area (Å²) in [4.78, 5) is 16.9. The zero-order chi connectivity index (χ0) is 19.3. The summed E-state index contributed by atoms with van der Waals surface area (Å²) < 4.78 is 4.35. The Kier molecular flexibility index (Phi) is 5.86. The largest absolute Gasteiger partial charge is 0.465 e. The molecule has 2 aromatic carbocycles. The number of rotatable bonds is 6. The molecule has 6 heteroatoms. The van der Waals surface area contributed by atoms with E-state index in [1.54, 1.807) is 20.8 Å². The van der Waals surface area contributed by atoms with Gasteiger partial charge in [-0.05, 0) is 20.8 Å². The summed E-state index contributed by atoms with van der Waals surface area (Å²) in [5.74, 6) is -0.299. The van der Waals surface area contributed by atoms with Crippen molar-refractivity contribution in [1.29, 1.82) is 0 Å². The summed E-state index contributed by atoms with van der Waals surface area (Å²) in [6.45, 7) is 5.72. The van der Waals surface area contributed by atoms with E-state index in [0.29, 0.717) is 17.5 Å². The van der Waals surface area contributed by atoms with E-state index in [1.807, 2.05) is 60.7 Å². The van der Waals surface area contributed by atoms with Crippen LogP contribution in [0, 0.1) is 0 Å². The number of ether oxygens (including phenoxy) is 1. The molecule has 138 valence electrons. The van der Waals surface area contributed by atoms with Crippen LogP contribution >= 0.6 is 11.8 Å². The van der Waals surface area contributed by atoms with Gasteiger partial charge in [0.15, 0.2) is 0 Å². The van der Waals surface area contributed by atoms with Crippen LogP contribution in [-0.2, 0) is 9.53 Å². The molecule has 3 aromatic rings. The lowest BCUT2D eigenvalue weighted by molar-refractivity contribution is -0.145. The molecule has 0 bridgehead atoms. The molecular formula is C21H21N3O2S. The summed E-state index contributed by atoms with van der Waals surface area (Å²) in [6.07, 6.45) is 0. The van der Waals surface area contributed by atoms with Gasteiger partial charge in [-0.1, -0.05) is 72.4 Å². The normalized spacial score (nSPS) is 11.2. The maximum atomic E-state index is 12.2. The zero-order valence-electron chi connectivity index (χ0n) is 15.5. The third-order valence-corrected chi connectivity index (χ3v) is 4.91. The first-order valence-corrected chi connectivity index (χ1v) is 9.54. The van der Waals surface area contributed by atoms with E-state index in [-0.39, 0.29) is 5.97 Å². The van der Waals surface area contributed by atoms with E-state index in [9.17, 15) is 4.79 Å². The minimum atomic E-state index is -0.806. The van der Waals surface area contributed by atoms with Gasteiger partial charge in [0.2, 0.25) is 5.16 Å². The molecule has 1 aromatic heterocycles. The van der Waals surface area contributed by atoms with Crippen LogP contribution in [0.25, 0.3) is 22.5 Å². The molecule has 0 radical (unpaired) electrons. The van der Waals surface area contributed by atoms with Gasteiger partial charge in [0, 0.05) is 11.1 Å². The fraction of sp³-hybridized carbons (Fsp3) is 0.238. The number of aromatic nitrogens is 3. The lowest BCUT2D eigenvalue weighted by Gasteiger charge is -2.20. The van der Waals surface area contributed by atoms with Crippen LogP contribution in [0.15, 0.2) is 65.8 Å². The van der Waals surface area contributed by atoms with Crippen molar-refractivity contribution in [3.63, 3.8) is 0 Å². The summed E-state index contributed by atoms with van der Waals surface area (Å²) >= 11 is 1.25. The van der Waals surface area contributed by atoms with Gasteiger partial charge in [-0.25, -0.2) is 4.98 Å². The van der Waals surface area contributed by atoms with Crippen LogP contribution in [0.2, 0.25) is 0 Å². The van der Waals surface area contributed by atoms with Gasteiger partial charge in [0.25, 0.3) is 0 Å². The van der Waals surface area contributed by atoms with Crippen molar-refractivity contribution < 1.29 is 9.53 Å². The maximum Gasteiger partial charge on any atom is 0.322 e. The maximum absolute atomic E-state index is 12.2. The second-order valence-electron chi connectivity index (χ2n) is 6.36. The molecule has 0 atom stereocenters. The van der Waals surface area contributed by atoms with Crippen molar-refractivity contribution in [2.45, 2.75) is 30.7 Å². The first kappa shape index (κ1) is 19.0. The lowest BCUT2D eigenvalue weighted by atomic mass is 10.0. The van der Waals surface area contributed by atoms with Crippen LogP contribution in [0.3, 0.4) is 0 Å². The number of carbonyl (C=O) groups is 1. The molecule has 0 unspecified atom stereocenters. The van der Waals surface area contributed by atoms with Gasteiger partial charge in [-0.2, -0.15) is 0 Å². The van der Waals surface area contributed by atoms with Crippen LogP contribution < -0.4 is 0 Å². The highest BCUT2D eigenvalue weighted by Gasteiger charge is 2.32. The molecule has 0 aliphatic rings. The molecule has 27 heavy (non-hydrogen) atoms. The third kappa shape index (κ3) is 4.52. The number of esters is 1. The highest BCUT2D eigenvalue weighted by molar-refractivity contribution is 8.01. The third-order valence-electron chi connectivity index (χ3n) is 3.88. The highest BCUT2D eigenvalue weighted by atomic mass is 32.2. The summed E-state index contributed by atoms with van der Waals surface area (Å²) in [7, 11) is 0. The molecule has 0 fully saturated rings. The molecule has 0 aliphatic carbocycles. The second kappa shape index (κ2) is 8.31. The number of hydrogen-bond acceptors (Lipinski definition) is 6. The Hall–Kier alpha value is -2.73. The summed E-state index contributed by atoms with van der Waals surface area (Å²) in [5.41, 5.74) is 3.33. The monoisotopic (exact) mass is 379 g/mol. The number of nitrogens with zero attached hydrogens (tertiary/aromatic N) is 3. The molecule has 3 rings (SSSR count). The van der Waals surface area contributed by atoms with Crippen LogP contribution in [-0.4, -0.2) is 32.5 Å². The van der Waals surface area contributed by atoms with Gasteiger partial charge < -0.3 is 4.74 Å². The summed E-state index contributed by atoms with van der Waals surface area (Å²) in [6, 6.07) is 19.7. The Balaban J connectivity index is 2.03. The molecule has 1 heterocycles. The molecule has 0 amide bonds. The molecule has 0 N–H and O–H groups in total. The quantitative estimate of drug-likeness (QED) is 0.459. The van der Waals surface area contributed by atoms with Gasteiger partial charge in [0.1, 0.15) is 16.1 Å². The first-order valence-electron chi connectivity index (χ1n) is 8.73. The van der Waals surface area contributed by atoms with Crippen molar-refractivity contribution in [2.24, 2.45) is 0 Å². The van der Waals surface area contributed by atoms with E-state index in [4.69, 9.17) is 9.72 Å². The Morgan fingerprint density at radius 3 is 2.04 bits per heavy atom. The predicted octanol–water partition coefficient (Wildman–Crippen LogP) is 4.64. The van der Waals surface area contributed by atoms with E-state index in [2.05, 4.69) is 10.2 Å². The average Bonchev–Trinajstić information content (AvgIpc) is 2.69. The predicted molar refractivity (Wildman–Crippen MR) is 107 cm³/mol. The molecule has 0 aliphatic heterocycles. The fourth-order valence-electron chi connectivity index (χ4n) is 2.52. The van der Waals surface area contributed by atoms with Crippen LogP contribution in [0.1, 0.15) is 20.8 Å². The topological polar surface area (TPSA) is 65.0 Å². The Morgan fingerprint density at radius 2 is 1.48 bits per heavy atom. The van der Waals surface area contributed by atoms with E-state index in [0.717, 1.165) is 16.8 Å². The minimum absolute atomic E-state index is 0.299. The smallest absolute Gasteiger partial charge is 0.322 e. The molecule has 5 nitrogen and oxygen atoms in total. The SMILES string of the molecule is CCOC(=O)C(C)(C)Sc1nnc(-c2ccccc2)c(-c2ccccc2)n1. The Morgan fingerprint density at radius 1 is 0.926 bits per heavy atom. The van der Waals surface area contributed by atoms with E-state index >= 15 is 0 Å². The lowest BCUT2D eigenvalue weighted by Crippen LogP contribution is -2.30. The minimum Gasteiger partial charge on any atom is -0.465 e. The molecule has 0 spiro atoms.